The van der Waals surface area contributed by atoms with Gasteiger partial charge in [0.1, 0.15) is 11.3 Å². The van der Waals surface area contributed by atoms with Crippen LogP contribution in [-0.2, 0) is 10.9 Å². The van der Waals surface area contributed by atoms with Crippen LogP contribution in [-0.4, -0.2) is 32.0 Å². The predicted molar refractivity (Wildman–Crippen MR) is 131 cm³/mol. The third-order valence-electron chi connectivity index (χ3n) is 4.84. The zero-order valence-corrected chi connectivity index (χ0v) is 21.2. The van der Waals surface area contributed by atoms with Crippen LogP contribution in [0.4, 0.5) is 18.0 Å². The van der Waals surface area contributed by atoms with Gasteiger partial charge in [-0.3, -0.25) is 4.98 Å². The third kappa shape index (κ3) is 4.93. The third-order valence-corrected chi connectivity index (χ3v) is 6.25. The summed E-state index contributed by atoms with van der Waals surface area (Å²) >= 11 is 4.97. The number of nitrogens with zero attached hydrogens (tertiary/aromatic N) is 3. The molecule has 0 atom stereocenters. The number of fused-ring (bicyclic) bond motifs is 2. The first-order chi connectivity index (χ1) is 15.9. The Balaban J connectivity index is 2.05. The summed E-state index contributed by atoms with van der Waals surface area (Å²) in [5.74, 6) is 0.736. The first-order valence-corrected chi connectivity index (χ1v) is 12.2. The Hall–Kier alpha value is -2.59. The highest BCUT2D eigenvalue weighted by Gasteiger charge is 2.33. The van der Waals surface area contributed by atoms with E-state index in [0.717, 1.165) is 37.3 Å². The van der Waals surface area contributed by atoms with Crippen LogP contribution < -0.4 is 0 Å². The highest BCUT2D eigenvalue weighted by atomic mass is 79.9. The van der Waals surface area contributed by atoms with Crippen molar-refractivity contribution in [3.8, 4) is 11.4 Å². The number of ether oxygens (including phenoxy) is 1. The van der Waals surface area contributed by atoms with Crippen molar-refractivity contribution in [2.24, 2.45) is 0 Å². The number of benzene rings is 1. The van der Waals surface area contributed by atoms with E-state index in [-0.39, 0.29) is 11.0 Å². The molecular formula is C24H21BrF3N3O2S. The minimum absolute atomic E-state index is 0.00247. The smallest absolute Gasteiger partial charge is 0.419 e. The highest BCUT2D eigenvalue weighted by molar-refractivity contribution is 9.10. The van der Waals surface area contributed by atoms with Crippen molar-refractivity contribution in [1.29, 1.82) is 0 Å². The Morgan fingerprint density at radius 3 is 2.50 bits per heavy atom. The van der Waals surface area contributed by atoms with Crippen molar-refractivity contribution in [3.05, 3.63) is 52.6 Å². The van der Waals surface area contributed by atoms with Gasteiger partial charge >= 0.3 is 12.3 Å². The Bertz CT molecular complexity index is 1410. The van der Waals surface area contributed by atoms with E-state index in [2.05, 4.69) is 20.9 Å². The first-order valence-electron chi connectivity index (χ1n) is 10.4. The number of thioether (sulfide) groups is 1. The van der Waals surface area contributed by atoms with Crippen LogP contribution in [0.25, 0.3) is 33.3 Å². The number of hydrogen-bond acceptors (Lipinski definition) is 5. The van der Waals surface area contributed by atoms with E-state index in [1.165, 1.54) is 11.8 Å². The second-order valence-electron chi connectivity index (χ2n) is 8.58. The first kappa shape index (κ1) is 24.5. The number of rotatable bonds is 3. The Morgan fingerprint density at radius 1 is 1.12 bits per heavy atom. The topological polar surface area (TPSA) is 57.0 Å². The van der Waals surface area contributed by atoms with Gasteiger partial charge in [0.2, 0.25) is 0 Å². The second-order valence-corrected chi connectivity index (χ2v) is 10.8. The van der Waals surface area contributed by atoms with Crippen molar-refractivity contribution < 1.29 is 22.7 Å². The molecule has 0 radical (unpaired) electrons. The zero-order chi connectivity index (χ0) is 24.8. The molecule has 4 aromatic rings. The molecule has 0 bridgehead atoms. The SMILES string of the molecule is CCSc1cc2ccc(Br)cc2nc1-c1cc2ncc(C(F)(F)F)cc2n1C(=O)OC(C)(C)C. The van der Waals surface area contributed by atoms with Crippen molar-refractivity contribution >= 4 is 55.7 Å². The van der Waals surface area contributed by atoms with Crippen molar-refractivity contribution in [2.75, 3.05) is 5.75 Å². The molecule has 0 aliphatic carbocycles. The molecular weight excluding hydrogens is 531 g/mol. The van der Waals surface area contributed by atoms with Gasteiger partial charge < -0.3 is 4.74 Å². The van der Waals surface area contributed by atoms with Crippen LogP contribution in [0.1, 0.15) is 33.3 Å². The van der Waals surface area contributed by atoms with Gasteiger partial charge in [-0.25, -0.2) is 14.3 Å². The molecule has 1 aromatic carbocycles. The number of alkyl halides is 3. The summed E-state index contributed by atoms with van der Waals surface area (Å²) in [5, 5.41) is 0.903. The summed E-state index contributed by atoms with van der Waals surface area (Å²) in [6.07, 6.45) is -4.65. The molecule has 3 aromatic heterocycles. The zero-order valence-electron chi connectivity index (χ0n) is 18.8. The lowest BCUT2D eigenvalue weighted by Gasteiger charge is -2.21. The summed E-state index contributed by atoms with van der Waals surface area (Å²) in [6.45, 7) is 7.07. The maximum absolute atomic E-state index is 13.4. The Labute approximate surface area is 206 Å². The van der Waals surface area contributed by atoms with E-state index >= 15 is 0 Å². The summed E-state index contributed by atoms with van der Waals surface area (Å²) in [6, 6.07) is 10.1. The van der Waals surface area contributed by atoms with Gasteiger partial charge in [0.05, 0.1) is 27.8 Å². The average Bonchev–Trinajstić information content (AvgIpc) is 3.10. The lowest BCUT2D eigenvalue weighted by atomic mass is 10.1. The van der Waals surface area contributed by atoms with Gasteiger partial charge in [0, 0.05) is 21.0 Å². The summed E-state index contributed by atoms with van der Waals surface area (Å²) in [5.41, 5.74) is -0.116. The van der Waals surface area contributed by atoms with Crippen LogP contribution in [0, 0.1) is 0 Å². The molecule has 0 N–H and O–H groups in total. The molecule has 4 rings (SSSR count). The summed E-state index contributed by atoms with van der Waals surface area (Å²) in [4.78, 5) is 22.9. The molecule has 0 saturated carbocycles. The predicted octanol–water partition coefficient (Wildman–Crippen LogP) is 7.93. The van der Waals surface area contributed by atoms with E-state index in [1.807, 2.05) is 31.2 Å². The molecule has 34 heavy (non-hydrogen) atoms. The number of carbonyl (C=O) groups is 1. The van der Waals surface area contributed by atoms with E-state index in [9.17, 15) is 18.0 Å². The molecule has 10 heteroatoms. The Morgan fingerprint density at radius 2 is 1.85 bits per heavy atom. The molecule has 0 spiro atoms. The maximum atomic E-state index is 13.4. The normalized spacial score (nSPS) is 12.5. The van der Waals surface area contributed by atoms with E-state index in [4.69, 9.17) is 9.72 Å². The average molecular weight is 552 g/mol. The van der Waals surface area contributed by atoms with Crippen LogP contribution in [0.5, 0.6) is 0 Å². The standard InChI is InChI=1S/C24H21BrF3N3O2S/c1-5-34-20-8-13-6-7-15(25)10-16(13)30-21(20)19-11-17-18(9-14(12-29-17)24(26,27)28)31(19)22(32)33-23(2,3)4/h6-12H,5H2,1-4H3. The molecule has 0 unspecified atom stereocenters. The second kappa shape index (κ2) is 8.88. The van der Waals surface area contributed by atoms with Crippen molar-refractivity contribution in [1.82, 2.24) is 14.5 Å². The minimum atomic E-state index is -4.61. The van der Waals surface area contributed by atoms with Gasteiger partial charge in [0.25, 0.3) is 0 Å². The van der Waals surface area contributed by atoms with Crippen LogP contribution in [0.15, 0.2) is 52.0 Å². The molecule has 0 amide bonds. The maximum Gasteiger partial charge on any atom is 0.419 e. The Kier molecular flexibility index (Phi) is 6.41. The van der Waals surface area contributed by atoms with Gasteiger partial charge in [0.15, 0.2) is 0 Å². The van der Waals surface area contributed by atoms with Crippen molar-refractivity contribution in [2.45, 2.75) is 44.4 Å². The lowest BCUT2D eigenvalue weighted by molar-refractivity contribution is -0.137. The van der Waals surface area contributed by atoms with Gasteiger partial charge in [-0.15, -0.1) is 11.8 Å². The molecule has 5 nitrogen and oxygen atoms in total. The number of hydrogen-bond donors (Lipinski definition) is 0. The van der Waals surface area contributed by atoms with Crippen LogP contribution >= 0.6 is 27.7 Å². The summed E-state index contributed by atoms with van der Waals surface area (Å²) in [7, 11) is 0. The summed E-state index contributed by atoms with van der Waals surface area (Å²) < 4.78 is 47.8. The van der Waals surface area contributed by atoms with Crippen molar-refractivity contribution in [3.63, 3.8) is 0 Å². The molecule has 0 saturated heterocycles. The van der Waals surface area contributed by atoms with Crippen LogP contribution in [0.3, 0.4) is 0 Å². The fourth-order valence-corrected chi connectivity index (χ4v) is 4.64. The molecule has 0 aliphatic heterocycles. The van der Waals surface area contributed by atoms with E-state index in [1.54, 1.807) is 26.8 Å². The highest BCUT2D eigenvalue weighted by Crippen LogP contribution is 2.38. The number of halogens is 4. The van der Waals surface area contributed by atoms with E-state index < -0.39 is 23.4 Å². The fraction of sp³-hybridized carbons (Fsp3) is 0.292. The number of aromatic nitrogens is 3. The minimum Gasteiger partial charge on any atom is -0.443 e. The molecule has 0 fully saturated rings. The monoisotopic (exact) mass is 551 g/mol. The number of pyridine rings is 2. The molecule has 178 valence electrons. The van der Waals surface area contributed by atoms with Gasteiger partial charge in [-0.05, 0) is 56.9 Å². The quantitative estimate of drug-likeness (QED) is 0.242. The molecule has 3 heterocycles. The van der Waals surface area contributed by atoms with E-state index in [0.29, 0.717) is 16.9 Å². The van der Waals surface area contributed by atoms with Gasteiger partial charge in [-0.1, -0.05) is 28.9 Å². The van der Waals surface area contributed by atoms with Gasteiger partial charge in [-0.2, -0.15) is 13.2 Å². The number of carbonyl (C=O) groups excluding carboxylic acids is 1. The fourth-order valence-electron chi connectivity index (χ4n) is 3.48. The largest absolute Gasteiger partial charge is 0.443 e. The van der Waals surface area contributed by atoms with Crippen LogP contribution in [0.2, 0.25) is 0 Å². The lowest BCUT2D eigenvalue weighted by Crippen LogP contribution is -2.27. The molecule has 0 aliphatic rings.